The van der Waals surface area contributed by atoms with Crippen LogP contribution in [0.1, 0.15) is 77.7 Å². The number of halogens is 1. The molecule has 10 unspecified atom stereocenters. The highest BCUT2D eigenvalue weighted by Gasteiger charge is 2.61. The number of nitrogens with one attached hydrogen (secondary N) is 2. The third-order valence-electron chi connectivity index (χ3n) is 12.8. The summed E-state index contributed by atoms with van der Waals surface area (Å²) in [7, 11) is 0. The Hall–Kier alpha value is -3.22. The average molecular weight is 722 g/mol. The molecular weight excluding hydrogens is 665 g/mol. The molecule has 3 saturated carbocycles. The van der Waals surface area contributed by atoms with Crippen molar-refractivity contribution in [1.82, 2.24) is 20.4 Å². The summed E-state index contributed by atoms with van der Waals surface area (Å²) in [5, 5.41) is 6.06. The zero-order chi connectivity index (χ0) is 36.1. The number of anilines is 1. The van der Waals surface area contributed by atoms with E-state index in [1.165, 1.54) is 25.7 Å². The fourth-order valence-corrected chi connectivity index (χ4v) is 10.6. The summed E-state index contributed by atoms with van der Waals surface area (Å²) in [5.74, 6) is -0.180. The smallest absolute Gasteiger partial charge is 0.407 e. The highest BCUT2D eigenvalue weighted by atomic mass is 19.1. The second kappa shape index (κ2) is 14.5. The Balaban J connectivity index is 1.04. The summed E-state index contributed by atoms with van der Waals surface area (Å²) in [4.78, 5) is 47.6. The van der Waals surface area contributed by atoms with E-state index in [1.807, 2.05) is 45.2 Å². The third-order valence-corrected chi connectivity index (χ3v) is 12.8. The Labute approximate surface area is 306 Å². The number of alkyl carbamates (subject to hydrolysis) is 1. The number of fused-ring (bicyclic) bond motifs is 3. The number of hydrogen-bond acceptors (Lipinski definition) is 9. The van der Waals surface area contributed by atoms with Gasteiger partial charge in [-0.2, -0.15) is 0 Å². The molecule has 4 heterocycles. The van der Waals surface area contributed by atoms with Crippen molar-refractivity contribution in [2.45, 2.75) is 127 Å². The molecule has 11 nitrogen and oxygen atoms in total. The number of para-hydroxylation sites is 1. The van der Waals surface area contributed by atoms with Gasteiger partial charge in [0.25, 0.3) is 5.91 Å². The van der Waals surface area contributed by atoms with Crippen molar-refractivity contribution in [3.05, 3.63) is 41.6 Å². The maximum Gasteiger partial charge on any atom is 0.407 e. The van der Waals surface area contributed by atoms with E-state index in [0.717, 1.165) is 37.2 Å². The number of alkyl halides is 1. The normalized spacial score (nSPS) is 36.2. The van der Waals surface area contributed by atoms with Gasteiger partial charge in [0.1, 0.15) is 11.8 Å². The van der Waals surface area contributed by atoms with Crippen molar-refractivity contribution >= 4 is 23.5 Å². The van der Waals surface area contributed by atoms with Crippen molar-refractivity contribution in [2.75, 3.05) is 44.3 Å². The van der Waals surface area contributed by atoms with Gasteiger partial charge < -0.3 is 34.6 Å². The van der Waals surface area contributed by atoms with E-state index >= 15 is 4.39 Å². The summed E-state index contributed by atoms with van der Waals surface area (Å²) in [6, 6.07) is 7.02. The number of ether oxygens (including phenoxy) is 3. The average Bonchev–Trinajstić information content (AvgIpc) is 3.57. The van der Waals surface area contributed by atoms with Crippen LogP contribution in [0.5, 0.6) is 0 Å². The van der Waals surface area contributed by atoms with Gasteiger partial charge in [0.15, 0.2) is 5.78 Å². The zero-order valence-electron chi connectivity index (χ0n) is 30.9. The van der Waals surface area contributed by atoms with Gasteiger partial charge >= 0.3 is 6.09 Å². The molecule has 1 aromatic rings. The minimum Gasteiger partial charge on any atom is -0.444 e. The molecule has 0 spiro atoms. The summed E-state index contributed by atoms with van der Waals surface area (Å²) < 4.78 is 34.8. The van der Waals surface area contributed by atoms with E-state index in [4.69, 9.17) is 14.2 Å². The Morgan fingerprint density at radius 1 is 0.981 bits per heavy atom. The number of rotatable bonds is 6. The van der Waals surface area contributed by atoms with Crippen LogP contribution in [-0.4, -0.2) is 115 Å². The molecule has 0 radical (unpaired) electrons. The Kier molecular flexibility index (Phi) is 10.0. The summed E-state index contributed by atoms with van der Waals surface area (Å²) in [5.41, 5.74) is 1.56. The number of carbonyl (C=O) groups excluding carboxylic acids is 3. The maximum absolute atomic E-state index is 16.7. The van der Waals surface area contributed by atoms with Gasteiger partial charge in [-0.25, -0.2) is 9.18 Å². The van der Waals surface area contributed by atoms with Crippen LogP contribution in [-0.2, 0) is 30.3 Å². The molecule has 52 heavy (non-hydrogen) atoms. The number of likely N-dealkylation sites (tertiary alicyclic amines) is 1. The Morgan fingerprint density at radius 2 is 1.73 bits per heavy atom. The Morgan fingerprint density at radius 3 is 2.50 bits per heavy atom. The lowest BCUT2D eigenvalue weighted by Crippen LogP contribution is -2.73. The van der Waals surface area contributed by atoms with Crippen molar-refractivity contribution < 1.29 is 33.0 Å². The predicted molar refractivity (Wildman–Crippen MR) is 193 cm³/mol. The number of nitrogens with zero attached hydrogens (tertiary/aromatic N) is 3. The van der Waals surface area contributed by atoms with E-state index < -0.39 is 41.8 Å². The first-order chi connectivity index (χ1) is 25.0. The van der Waals surface area contributed by atoms with Crippen molar-refractivity contribution in [2.24, 2.45) is 17.8 Å². The van der Waals surface area contributed by atoms with E-state index in [1.54, 1.807) is 0 Å². The van der Waals surface area contributed by atoms with E-state index in [-0.39, 0.29) is 48.6 Å². The highest BCUT2D eigenvalue weighted by Crippen LogP contribution is 2.51. The van der Waals surface area contributed by atoms with E-state index in [2.05, 4.69) is 31.4 Å². The molecule has 2 N–H and O–H groups in total. The first-order valence-corrected chi connectivity index (χ1v) is 19.8. The number of Topliss-reactive ketones (excluding diaryl/α,β-unsaturated/α-hetero) is 1. The lowest BCUT2D eigenvalue weighted by Gasteiger charge is -2.61. The molecule has 3 aliphatic carbocycles. The summed E-state index contributed by atoms with van der Waals surface area (Å²) in [6.45, 7) is 9.78. The molecule has 8 rings (SSSR count). The molecule has 0 bridgehead atoms. The second-order valence-electron chi connectivity index (χ2n) is 17.2. The second-order valence-corrected chi connectivity index (χ2v) is 17.2. The number of amides is 2. The van der Waals surface area contributed by atoms with Gasteiger partial charge in [0.2, 0.25) is 0 Å². The molecule has 6 fully saturated rings. The van der Waals surface area contributed by atoms with Gasteiger partial charge in [-0.15, -0.1) is 0 Å². The molecule has 1 aromatic carbocycles. The van der Waals surface area contributed by atoms with Gasteiger partial charge in [0, 0.05) is 56.6 Å². The van der Waals surface area contributed by atoms with Gasteiger partial charge in [-0.3, -0.25) is 14.5 Å². The highest BCUT2D eigenvalue weighted by molar-refractivity contribution is 6.20. The maximum atomic E-state index is 16.7. The first-order valence-electron chi connectivity index (χ1n) is 19.8. The molecular formula is C40H56FN5O6. The van der Waals surface area contributed by atoms with E-state index in [9.17, 15) is 14.4 Å². The van der Waals surface area contributed by atoms with Crippen molar-refractivity contribution in [1.29, 1.82) is 0 Å². The van der Waals surface area contributed by atoms with Crippen LogP contribution in [0.2, 0.25) is 0 Å². The number of carbonyl (C=O) groups is 3. The lowest BCUT2D eigenvalue weighted by atomic mass is 9.64. The quantitative estimate of drug-likeness (QED) is 0.415. The molecule has 12 heteroatoms. The standard InChI is InChI=1S/C40H56FN5O6/c1-40(2,3)52-39(49)43-27-12-13-45(22-27)35-30(41)20-28-34-37(35)51-33-19-25-9-5-4-8-24(25)18-32(33)46(34)23-29(36(28)47)38(48)42-21-26-10-6-7-11-31(26)44-14-16-50-17-15-44/h6-7,10-11,23-25,27-28,30,32-35,37H,4-5,8-9,12-22H2,1-3H3,(H,42,48)(H,43,49). The van der Waals surface area contributed by atoms with Crippen LogP contribution >= 0.6 is 0 Å². The van der Waals surface area contributed by atoms with Crippen molar-refractivity contribution in [3.8, 4) is 0 Å². The number of morpholine rings is 2. The van der Waals surface area contributed by atoms with Gasteiger partial charge in [0.05, 0.1) is 49.1 Å². The number of benzene rings is 1. The molecule has 284 valence electrons. The predicted octanol–water partition coefficient (Wildman–Crippen LogP) is 4.34. The molecule has 10 atom stereocenters. The topological polar surface area (TPSA) is 113 Å². The van der Waals surface area contributed by atoms with Gasteiger partial charge in [-0.05, 0) is 69.9 Å². The van der Waals surface area contributed by atoms with Crippen molar-refractivity contribution in [3.63, 3.8) is 0 Å². The zero-order valence-corrected chi connectivity index (χ0v) is 30.9. The third kappa shape index (κ3) is 7.07. The minimum absolute atomic E-state index is 0.0398. The molecule has 4 aliphatic heterocycles. The van der Waals surface area contributed by atoms with E-state index in [0.29, 0.717) is 44.6 Å². The van der Waals surface area contributed by atoms with Crippen LogP contribution in [0.25, 0.3) is 0 Å². The SMILES string of the molecule is CC(C)(C)OC(=O)NC1CCN(C2C(F)CC3C(=O)C(C(=O)NCc4ccccc4N4CCOCC4)=CN4C5CC6CCCCC6CC5OC2C34)C1. The largest absolute Gasteiger partial charge is 0.444 e. The van der Waals surface area contributed by atoms with Crippen LogP contribution in [0.3, 0.4) is 0 Å². The molecule has 3 saturated heterocycles. The number of ketones is 1. The van der Waals surface area contributed by atoms with Gasteiger partial charge in [-0.1, -0.05) is 43.9 Å². The summed E-state index contributed by atoms with van der Waals surface area (Å²) >= 11 is 0. The lowest BCUT2D eigenvalue weighted by molar-refractivity contribution is -0.219. The molecule has 2 amide bonds. The van der Waals surface area contributed by atoms with Crippen LogP contribution < -0.4 is 15.5 Å². The monoisotopic (exact) mass is 721 g/mol. The summed E-state index contributed by atoms with van der Waals surface area (Å²) in [6.07, 6.45) is 6.90. The van der Waals surface area contributed by atoms with Crippen LogP contribution in [0.4, 0.5) is 14.9 Å². The van der Waals surface area contributed by atoms with Crippen LogP contribution in [0, 0.1) is 17.8 Å². The fraction of sp³-hybridized carbons (Fsp3) is 0.725. The molecule has 7 aliphatic rings. The number of hydrogen-bond donors (Lipinski definition) is 2. The fourth-order valence-electron chi connectivity index (χ4n) is 10.6. The first kappa shape index (κ1) is 35.8. The molecule has 0 aromatic heterocycles. The van der Waals surface area contributed by atoms with Crippen LogP contribution in [0.15, 0.2) is 36.0 Å². The Bertz CT molecular complexity index is 1540. The minimum atomic E-state index is -1.32.